The minimum Gasteiger partial charge on any atom is -0.490 e. The predicted octanol–water partition coefficient (Wildman–Crippen LogP) is 4.28. The Morgan fingerprint density at radius 3 is 2.47 bits per heavy atom. The molecule has 0 heterocycles. The van der Waals surface area contributed by atoms with Crippen LogP contribution in [0, 0.1) is 23.2 Å². The van der Waals surface area contributed by atoms with Crippen molar-refractivity contribution in [2.24, 2.45) is 16.8 Å². The van der Waals surface area contributed by atoms with E-state index >= 15 is 0 Å². The standard InChI is InChI=1S/C22H24F3N3O2/c1-3-13(12-27-2)21(29)28-17-6-15-8-19(9-16(15)7-17)30-18-5-4-14(11-26)20(10-18)22(23,24)25/h3-5,10,12,15-17,19H,6-9H2,1-2H3,(H,28,29)/b13-3+,27-12-. The van der Waals surface area contributed by atoms with E-state index in [1.807, 2.05) is 0 Å². The molecule has 1 aromatic carbocycles. The molecule has 2 atom stereocenters. The van der Waals surface area contributed by atoms with Gasteiger partial charge in [0.05, 0.1) is 28.9 Å². The first-order valence-electron chi connectivity index (χ1n) is 9.92. The van der Waals surface area contributed by atoms with Gasteiger partial charge in [-0.15, -0.1) is 0 Å². The van der Waals surface area contributed by atoms with Crippen molar-refractivity contribution in [2.75, 3.05) is 7.05 Å². The van der Waals surface area contributed by atoms with Gasteiger partial charge >= 0.3 is 6.18 Å². The summed E-state index contributed by atoms with van der Waals surface area (Å²) in [5.74, 6) is 0.732. The number of aliphatic imine (C=N–C) groups is 1. The molecule has 0 bridgehead atoms. The molecule has 2 aliphatic rings. The summed E-state index contributed by atoms with van der Waals surface area (Å²) >= 11 is 0. The van der Waals surface area contributed by atoms with Gasteiger partial charge in [-0.25, -0.2) is 0 Å². The van der Waals surface area contributed by atoms with Crippen molar-refractivity contribution >= 4 is 12.1 Å². The third-order valence-electron chi connectivity index (χ3n) is 5.87. The summed E-state index contributed by atoms with van der Waals surface area (Å²) in [6.45, 7) is 1.79. The van der Waals surface area contributed by atoms with Crippen LogP contribution in [0.3, 0.4) is 0 Å². The van der Waals surface area contributed by atoms with Gasteiger partial charge in [0, 0.05) is 19.3 Å². The van der Waals surface area contributed by atoms with Crippen molar-refractivity contribution in [1.82, 2.24) is 5.32 Å². The summed E-state index contributed by atoms with van der Waals surface area (Å²) in [6, 6.07) is 5.13. The lowest BCUT2D eigenvalue weighted by atomic mass is 10.0. The Balaban J connectivity index is 1.58. The topological polar surface area (TPSA) is 74.5 Å². The highest BCUT2D eigenvalue weighted by Crippen LogP contribution is 2.45. The molecule has 1 aromatic rings. The average molecular weight is 419 g/mol. The summed E-state index contributed by atoms with van der Waals surface area (Å²) in [6.07, 6.45) is 1.63. The highest BCUT2D eigenvalue weighted by atomic mass is 19.4. The van der Waals surface area contributed by atoms with E-state index in [0.29, 0.717) is 17.4 Å². The van der Waals surface area contributed by atoms with Crippen LogP contribution in [-0.2, 0) is 11.0 Å². The maximum Gasteiger partial charge on any atom is 0.417 e. The van der Waals surface area contributed by atoms with E-state index in [2.05, 4.69) is 10.3 Å². The van der Waals surface area contributed by atoms with E-state index in [9.17, 15) is 18.0 Å². The molecule has 5 nitrogen and oxygen atoms in total. The number of amides is 1. The molecule has 8 heteroatoms. The zero-order valence-electron chi connectivity index (χ0n) is 16.9. The highest BCUT2D eigenvalue weighted by molar-refractivity contribution is 6.12. The lowest BCUT2D eigenvalue weighted by Gasteiger charge is -2.19. The number of ether oxygens (including phenoxy) is 1. The Bertz CT molecular complexity index is 888. The third-order valence-corrected chi connectivity index (χ3v) is 5.87. The second-order valence-electron chi connectivity index (χ2n) is 7.82. The Kier molecular flexibility index (Phi) is 6.49. The largest absolute Gasteiger partial charge is 0.490 e. The van der Waals surface area contributed by atoms with Crippen LogP contribution in [0.4, 0.5) is 13.2 Å². The number of nitrogens with one attached hydrogen (secondary N) is 1. The Labute approximate surface area is 173 Å². The SMILES string of the molecule is C/C=C(\C=N/C)C(=O)NC1CC2CC(Oc3ccc(C#N)c(C(F)(F)F)c3)CC2C1. The minimum absolute atomic E-state index is 0.0837. The van der Waals surface area contributed by atoms with Gasteiger partial charge in [0.25, 0.3) is 5.91 Å². The Morgan fingerprint density at radius 1 is 1.27 bits per heavy atom. The first-order chi connectivity index (χ1) is 14.2. The molecule has 0 spiro atoms. The molecular formula is C22H24F3N3O2. The molecule has 0 aliphatic heterocycles. The zero-order valence-corrected chi connectivity index (χ0v) is 16.9. The number of allylic oxidation sites excluding steroid dienone is 1. The lowest BCUT2D eigenvalue weighted by molar-refractivity contribution is -0.138. The number of carbonyl (C=O) groups is 1. The number of halogens is 3. The number of benzene rings is 1. The molecule has 3 rings (SSSR count). The van der Waals surface area contributed by atoms with Crippen molar-refractivity contribution in [2.45, 2.75) is 50.9 Å². The normalized spacial score (nSPS) is 26.5. The van der Waals surface area contributed by atoms with E-state index in [1.165, 1.54) is 12.3 Å². The molecule has 1 amide bonds. The smallest absolute Gasteiger partial charge is 0.417 e. The molecular weight excluding hydrogens is 395 g/mol. The minimum atomic E-state index is -4.60. The summed E-state index contributed by atoms with van der Waals surface area (Å²) in [5.41, 5.74) is -0.860. The number of rotatable bonds is 5. The van der Waals surface area contributed by atoms with Crippen LogP contribution in [0.5, 0.6) is 5.75 Å². The number of fused-ring (bicyclic) bond motifs is 1. The van der Waals surface area contributed by atoms with Gasteiger partial charge in [-0.2, -0.15) is 18.4 Å². The van der Waals surface area contributed by atoms with Crippen molar-refractivity contribution in [3.05, 3.63) is 41.0 Å². The number of nitriles is 1. The number of nitrogens with zero attached hydrogens (tertiary/aromatic N) is 2. The second-order valence-corrected chi connectivity index (χ2v) is 7.82. The summed E-state index contributed by atoms with van der Waals surface area (Å²) in [7, 11) is 1.61. The van der Waals surface area contributed by atoms with Crippen molar-refractivity contribution < 1.29 is 22.7 Å². The van der Waals surface area contributed by atoms with E-state index in [1.54, 1.807) is 26.1 Å². The van der Waals surface area contributed by atoms with E-state index in [-0.39, 0.29) is 23.8 Å². The summed E-state index contributed by atoms with van der Waals surface area (Å²) in [5, 5.41) is 12.0. The molecule has 2 fully saturated rings. The summed E-state index contributed by atoms with van der Waals surface area (Å²) < 4.78 is 45.3. The molecule has 2 unspecified atom stereocenters. The van der Waals surface area contributed by atoms with Crippen molar-refractivity contribution in [3.8, 4) is 11.8 Å². The number of hydrogen-bond donors (Lipinski definition) is 1. The van der Waals surface area contributed by atoms with Crippen LogP contribution in [-0.4, -0.2) is 31.3 Å². The monoisotopic (exact) mass is 419 g/mol. The summed E-state index contributed by atoms with van der Waals surface area (Å²) in [4.78, 5) is 16.2. The van der Waals surface area contributed by atoms with Gasteiger partial charge in [0.15, 0.2) is 0 Å². The average Bonchev–Trinajstić information content (AvgIpc) is 3.22. The molecule has 2 saturated carbocycles. The van der Waals surface area contributed by atoms with Crippen molar-refractivity contribution in [1.29, 1.82) is 5.26 Å². The number of hydrogen-bond acceptors (Lipinski definition) is 4. The van der Waals surface area contributed by atoms with Crippen LogP contribution in [0.15, 0.2) is 34.8 Å². The second kappa shape index (κ2) is 8.90. The molecule has 0 radical (unpaired) electrons. The van der Waals surface area contributed by atoms with Gasteiger partial charge in [-0.05, 0) is 62.6 Å². The molecule has 2 aliphatic carbocycles. The van der Waals surface area contributed by atoms with Crippen molar-refractivity contribution in [3.63, 3.8) is 0 Å². The predicted molar refractivity (Wildman–Crippen MR) is 106 cm³/mol. The molecule has 1 N–H and O–H groups in total. The van der Waals surface area contributed by atoms with E-state index in [0.717, 1.165) is 37.8 Å². The molecule has 30 heavy (non-hydrogen) atoms. The van der Waals surface area contributed by atoms with Crippen LogP contribution in [0.25, 0.3) is 0 Å². The fourth-order valence-corrected chi connectivity index (χ4v) is 4.57. The zero-order chi connectivity index (χ0) is 21.9. The van der Waals surface area contributed by atoms with Gasteiger partial charge in [0.1, 0.15) is 5.75 Å². The van der Waals surface area contributed by atoms with Gasteiger partial charge in [-0.3, -0.25) is 9.79 Å². The first-order valence-corrected chi connectivity index (χ1v) is 9.92. The first kappa shape index (κ1) is 21.9. The molecule has 160 valence electrons. The Hall–Kier alpha value is -2.82. The number of carbonyl (C=O) groups excluding carboxylic acids is 1. The van der Waals surface area contributed by atoms with Crippen LogP contribution < -0.4 is 10.1 Å². The lowest BCUT2D eigenvalue weighted by Crippen LogP contribution is -2.35. The van der Waals surface area contributed by atoms with Gasteiger partial charge in [0.2, 0.25) is 0 Å². The molecule has 0 aromatic heterocycles. The van der Waals surface area contributed by atoms with Gasteiger partial charge < -0.3 is 10.1 Å². The van der Waals surface area contributed by atoms with Crippen LogP contribution >= 0.6 is 0 Å². The number of alkyl halides is 3. The fourth-order valence-electron chi connectivity index (χ4n) is 4.57. The third kappa shape index (κ3) is 4.84. The quantitative estimate of drug-likeness (QED) is 0.572. The Morgan fingerprint density at radius 2 is 1.93 bits per heavy atom. The highest BCUT2D eigenvalue weighted by Gasteiger charge is 2.43. The molecule has 0 saturated heterocycles. The van der Waals surface area contributed by atoms with Crippen LogP contribution in [0.2, 0.25) is 0 Å². The van der Waals surface area contributed by atoms with E-state index < -0.39 is 17.3 Å². The fraction of sp³-hybridized carbons (Fsp3) is 0.500. The maximum atomic E-state index is 13.1. The maximum absolute atomic E-state index is 13.1. The van der Waals surface area contributed by atoms with E-state index in [4.69, 9.17) is 10.00 Å². The van der Waals surface area contributed by atoms with Gasteiger partial charge in [-0.1, -0.05) is 6.08 Å². The van der Waals surface area contributed by atoms with Crippen LogP contribution in [0.1, 0.15) is 43.7 Å².